The summed E-state index contributed by atoms with van der Waals surface area (Å²) in [6.45, 7) is 0.184. The molecule has 2 aliphatic rings. The van der Waals surface area contributed by atoms with E-state index in [0.717, 1.165) is 23.6 Å². The first kappa shape index (κ1) is 23.4. The molecule has 0 aromatic rings. The SMILES string of the molecule is CC(=O)OCC1=C(C(=O)O)N2C(=O)[C@H](NC(=O)OCC(Cl)(Cl)Cl)C2(NC=O)SC1. The number of amides is 3. The fourth-order valence-electron chi connectivity index (χ4n) is 2.66. The summed E-state index contributed by atoms with van der Waals surface area (Å²) in [6.07, 6.45) is -0.863. The summed E-state index contributed by atoms with van der Waals surface area (Å²) in [6, 6.07) is -1.36. The number of hydrogen-bond donors (Lipinski definition) is 3. The zero-order chi connectivity index (χ0) is 22.0. The highest BCUT2D eigenvalue weighted by atomic mass is 35.6. The molecule has 1 saturated heterocycles. The number of hydrogen-bond acceptors (Lipinski definition) is 8. The minimum atomic E-state index is -1.88. The Bertz CT molecular complexity index is 787. The number of carbonyl (C=O) groups is 5. The lowest BCUT2D eigenvalue weighted by Gasteiger charge is -2.57. The van der Waals surface area contributed by atoms with E-state index in [2.05, 4.69) is 10.6 Å². The predicted octanol–water partition coefficient (Wildman–Crippen LogP) is 0.342. The molecule has 0 aromatic carbocycles. The van der Waals surface area contributed by atoms with Crippen LogP contribution in [0.1, 0.15) is 6.92 Å². The van der Waals surface area contributed by atoms with Gasteiger partial charge in [-0.3, -0.25) is 19.3 Å². The molecule has 3 N–H and O–H groups in total. The van der Waals surface area contributed by atoms with E-state index in [0.29, 0.717) is 0 Å². The van der Waals surface area contributed by atoms with Gasteiger partial charge in [-0.25, -0.2) is 9.59 Å². The number of nitrogens with zero attached hydrogens (tertiary/aromatic N) is 1. The van der Waals surface area contributed by atoms with Crippen molar-refractivity contribution in [1.29, 1.82) is 0 Å². The highest BCUT2D eigenvalue weighted by Crippen LogP contribution is 2.47. The first-order valence-corrected chi connectivity index (χ1v) is 9.83. The van der Waals surface area contributed by atoms with Gasteiger partial charge in [0.05, 0.1) is 0 Å². The van der Waals surface area contributed by atoms with E-state index in [1.807, 2.05) is 0 Å². The smallest absolute Gasteiger partial charge is 0.408 e. The number of ether oxygens (including phenoxy) is 2. The number of thioether (sulfide) groups is 1. The molecule has 0 bridgehead atoms. The minimum absolute atomic E-state index is 0.0130. The van der Waals surface area contributed by atoms with Crippen molar-refractivity contribution in [3.8, 4) is 0 Å². The largest absolute Gasteiger partial charge is 0.477 e. The number of fused-ring (bicyclic) bond motifs is 1. The van der Waals surface area contributed by atoms with E-state index in [1.165, 1.54) is 0 Å². The van der Waals surface area contributed by atoms with Crippen molar-refractivity contribution < 1.29 is 38.6 Å². The van der Waals surface area contributed by atoms with Gasteiger partial charge in [0.1, 0.15) is 18.9 Å². The Kier molecular flexibility index (Phi) is 7.14. The number of carboxylic acids is 1. The Morgan fingerprint density at radius 1 is 1.38 bits per heavy atom. The fraction of sp³-hybridized carbons (Fsp3) is 0.500. The molecule has 2 aliphatic heterocycles. The lowest BCUT2D eigenvalue weighted by molar-refractivity contribution is -0.158. The van der Waals surface area contributed by atoms with Gasteiger partial charge in [-0.05, 0) is 0 Å². The highest BCUT2D eigenvalue weighted by molar-refractivity contribution is 8.01. The lowest BCUT2D eigenvalue weighted by Crippen LogP contribution is -2.83. The van der Waals surface area contributed by atoms with E-state index < -0.39 is 51.1 Å². The number of carboxylic acid groups (broad SMARTS) is 1. The normalized spacial score (nSPS) is 23.5. The number of carbonyl (C=O) groups excluding carboxylic acids is 4. The fourth-order valence-corrected chi connectivity index (χ4v) is 4.20. The van der Waals surface area contributed by atoms with E-state index in [4.69, 9.17) is 44.3 Å². The Labute approximate surface area is 183 Å². The molecule has 2 atom stereocenters. The number of esters is 1. The number of nitrogens with one attached hydrogen (secondary N) is 2. The van der Waals surface area contributed by atoms with Crippen LogP contribution in [0, 0.1) is 0 Å². The van der Waals surface area contributed by atoms with Gasteiger partial charge in [0, 0.05) is 18.2 Å². The molecule has 2 heterocycles. The Morgan fingerprint density at radius 2 is 2.03 bits per heavy atom. The summed E-state index contributed by atoms with van der Waals surface area (Å²) < 4.78 is 7.64. The molecule has 0 aliphatic carbocycles. The van der Waals surface area contributed by atoms with Gasteiger partial charge < -0.3 is 25.2 Å². The average molecular weight is 491 g/mol. The van der Waals surface area contributed by atoms with E-state index in [9.17, 15) is 29.1 Å². The topological polar surface area (TPSA) is 151 Å². The number of aliphatic carboxylic acids is 1. The Balaban J connectivity index is 2.27. The molecule has 1 unspecified atom stereocenters. The van der Waals surface area contributed by atoms with Gasteiger partial charge in [-0.1, -0.05) is 34.8 Å². The number of alkyl carbamates (subject to hydrolysis) is 1. The second-order valence-corrected chi connectivity index (χ2v) is 9.44. The van der Waals surface area contributed by atoms with Crippen molar-refractivity contribution in [1.82, 2.24) is 15.5 Å². The van der Waals surface area contributed by atoms with Crippen molar-refractivity contribution in [2.24, 2.45) is 0 Å². The first-order chi connectivity index (χ1) is 13.4. The third kappa shape index (κ3) is 5.00. The third-order valence-corrected chi connectivity index (χ3v) is 5.56. The summed E-state index contributed by atoms with van der Waals surface area (Å²) in [5.74, 6) is -2.97. The van der Waals surface area contributed by atoms with Crippen LogP contribution in [0.2, 0.25) is 0 Å². The lowest BCUT2D eigenvalue weighted by atomic mass is 9.98. The Morgan fingerprint density at radius 3 is 2.55 bits per heavy atom. The van der Waals surface area contributed by atoms with Crippen molar-refractivity contribution in [2.75, 3.05) is 19.0 Å². The maximum atomic E-state index is 12.6. The average Bonchev–Trinajstić information content (AvgIpc) is 2.61. The Hall–Kier alpha value is -1.89. The molecule has 0 spiro atoms. The monoisotopic (exact) mass is 489 g/mol. The second kappa shape index (κ2) is 8.86. The summed E-state index contributed by atoms with van der Waals surface area (Å²) in [4.78, 5) is 57.6. The van der Waals surface area contributed by atoms with Crippen LogP contribution < -0.4 is 10.6 Å². The summed E-state index contributed by atoms with van der Waals surface area (Å²) in [7, 11) is 0. The first-order valence-electron chi connectivity index (χ1n) is 7.71. The molecular weight excluding hydrogens is 477 g/mol. The van der Waals surface area contributed by atoms with Gasteiger partial charge in [0.25, 0.3) is 5.91 Å². The van der Waals surface area contributed by atoms with Crippen LogP contribution in [-0.2, 0) is 28.7 Å². The van der Waals surface area contributed by atoms with E-state index in [1.54, 1.807) is 0 Å². The molecule has 2 rings (SSSR count). The number of rotatable bonds is 7. The highest BCUT2D eigenvalue weighted by Gasteiger charge is 2.66. The quantitative estimate of drug-likeness (QED) is 0.198. The molecule has 15 heteroatoms. The molecule has 11 nitrogen and oxygen atoms in total. The number of β-lactam (4-membered cyclic amide) rings is 1. The van der Waals surface area contributed by atoms with Crippen LogP contribution in [0.4, 0.5) is 4.79 Å². The minimum Gasteiger partial charge on any atom is -0.477 e. The molecule has 29 heavy (non-hydrogen) atoms. The maximum absolute atomic E-state index is 12.6. The van der Waals surface area contributed by atoms with Gasteiger partial charge in [0.2, 0.25) is 10.2 Å². The molecule has 0 aromatic heterocycles. The van der Waals surface area contributed by atoms with Gasteiger partial charge >= 0.3 is 18.0 Å². The summed E-state index contributed by atoms with van der Waals surface area (Å²) in [5.41, 5.74) is -0.316. The maximum Gasteiger partial charge on any atom is 0.408 e. The predicted molar refractivity (Wildman–Crippen MR) is 101 cm³/mol. The van der Waals surface area contributed by atoms with Crippen LogP contribution in [0.5, 0.6) is 0 Å². The van der Waals surface area contributed by atoms with Crippen LogP contribution in [0.25, 0.3) is 0 Å². The van der Waals surface area contributed by atoms with E-state index >= 15 is 0 Å². The van der Waals surface area contributed by atoms with Crippen molar-refractivity contribution >= 4 is 76.9 Å². The van der Waals surface area contributed by atoms with Crippen LogP contribution >= 0.6 is 46.6 Å². The zero-order valence-corrected chi connectivity index (χ0v) is 17.7. The van der Waals surface area contributed by atoms with Crippen molar-refractivity contribution in [3.05, 3.63) is 11.3 Å². The number of halogens is 3. The standard InChI is InChI=1S/C14H14Cl3N3O8S/c1-6(22)27-2-7-3-29-14(18-5-21)9(10(23)20(14)8(7)11(24)25)19-12(26)28-4-13(15,16)17/h5,9H,2-4H2,1H3,(H,18,21)(H,19,26)(H,24,25)/t9-,14?/m0/s1. The molecule has 3 amide bonds. The van der Waals surface area contributed by atoms with Gasteiger partial charge in [-0.2, -0.15) is 0 Å². The van der Waals surface area contributed by atoms with Gasteiger partial charge in [0.15, 0.2) is 11.0 Å². The van der Waals surface area contributed by atoms with Crippen LogP contribution in [-0.4, -0.2) is 74.2 Å². The molecule has 0 radical (unpaired) electrons. The number of alkyl halides is 3. The van der Waals surface area contributed by atoms with Crippen molar-refractivity contribution in [2.45, 2.75) is 21.8 Å². The van der Waals surface area contributed by atoms with Crippen molar-refractivity contribution in [3.63, 3.8) is 0 Å². The van der Waals surface area contributed by atoms with Gasteiger partial charge in [-0.15, -0.1) is 11.8 Å². The van der Waals surface area contributed by atoms with Crippen LogP contribution in [0.3, 0.4) is 0 Å². The molecular formula is C14H14Cl3N3O8S. The summed E-state index contributed by atoms with van der Waals surface area (Å²) in [5, 5.41) is 14.1. The van der Waals surface area contributed by atoms with Crippen LogP contribution in [0.15, 0.2) is 11.3 Å². The zero-order valence-electron chi connectivity index (χ0n) is 14.6. The third-order valence-electron chi connectivity index (χ3n) is 3.76. The molecule has 0 saturated carbocycles. The summed E-state index contributed by atoms with van der Waals surface area (Å²) >= 11 is 17.4. The molecule has 1 fully saturated rings. The molecule has 160 valence electrons. The second-order valence-electron chi connectivity index (χ2n) is 5.73. The van der Waals surface area contributed by atoms with E-state index in [-0.39, 0.29) is 24.3 Å².